The van der Waals surface area contributed by atoms with Gasteiger partial charge in [-0.2, -0.15) is 5.10 Å². The van der Waals surface area contributed by atoms with Crippen molar-refractivity contribution in [3.63, 3.8) is 0 Å². The van der Waals surface area contributed by atoms with E-state index in [2.05, 4.69) is 46.7 Å². The summed E-state index contributed by atoms with van der Waals surface area (Å²) in [6.07, 6.45) is 0. The molecule has 0 atom stereocenters. The monoisotopic (exact) mass is 386 g/mol. The van der Waals surface area contributed by atoms with Crippen molar-refractivity contribution < 1.29 is 0 Å². The van der Waals surface area contributed by atoms with Crippen molar-refractivity contribution >= 4 is 34.0 Å². The summed E-state index contributed by atoms with van der Waals surface area (Å²) < 4.78 is 0. The lowest BCUT2D eigenvalue weighted by Crippen LogP contribution is -2.03. The second kappa shape index (κ2) is 7.79. The molecule has 0 saturated carbocycles. The van der Waals surface area contributed by atoms with Gasteiger partial charge in [-0.25, -0.2) is 9.97 Å². The molecule has 138 valence electrons. The van der Waals surface area contributed by atoms with Gasteiger partial charge in [0.25, 0.3) is 0 Å². The highest BCUT2D eigenvalue weighted by Gasteiger charge is 2.09. The molecule has 0 fully saturated rings. The van der Waals surface area contributed by atoms with Crippen LogP contribution in [0, 0.1) is 6.92 Å². The Morgan fingerprint density at radius 3 is 2.36 bits per heavy atom. The molecule has 4 nitrogen and oxygen atoms in total. The first-order chi connectivity index (χ1) is 13.6. The fraction of sp³-hybridized carbons (Fsp3) is 0.0870. The topological polar surface area (TPSA) is 50.2 Å². The number of hydrogen-bond donors (Lipinski definition) is 1. The number of hydrazone groups is 1. The van der Waals surface area contributed by atoms with Crippen molar-refractivity contribution in [2.45, 2.75) is 13.8 Å². The third-order valence-electron chi connectivity index (χ3n) is 4.50. The van der Waals surface area contributed by atoms with Crippen LogP contribution in [0.2, 0.25) is 5.02 Å². The molecule has 1 N–H and O–H groups in total. The number of nitrogens with one attached hydrogen (secondary N) is 1. The minimum atomic E-state index is 0.626. The first-order valence-corrected chi connectivity index (χ1v) is 9.38. The van der Waals surface area contributed by atoms with Crippen LogP contribution < -0.4 is 5.43 Å². The lowest BCUT2D eigenvalue weighted by molar-refractivity contribution is 1.18. The van der Waals surface area contributed by atoms with Crippen LogP contribution >= 0.6 is 11.6 Å². The van der Waals surface area contributed by atoms with Crippen LogP contribution in [0.15, 0.2) is 77.9 Å². The van der Waals surface area contributed by atoms with Crippen LogP contribution in [-0.2, 0) is 0 Å². The molecule has 4 aromatic rings. The van der Waals surface area contributed by atoms with E-state index in [9.17, 15) is 0 Å². The summed E-state index contributed by atoms with van der Waals surface area (Å²) in [7, 11) is 0. The van der Waals surface area contributed by atoms with Crippen molar-refractivity contribution in [1.82, 2.24) is 9.97 Å². The van der Waals surface area contributed by atoms with Gasteiger partial charge in [-0.15, -0.1) is 0 Å². The number of aromatic nitrogens is 2. The van der Waals surface area contributed by atoms with Crippen LogP contribution in [-0.4, -0.2) is 15.7 Å². The molecule has 0 radical (unpaired) electrons. The van der Waals surface area contributed by atoms with E-state index in [1.807, 2.05) is 55.5 Å². The Kier molecular flexibility index (Phi) is 5.04. The minimum absolute atomic E-state index is 0.626. The molecule has 5 heteroatoms. The van der Waals surface area contributed by atoms with E-state index < -0.39 is 0 Å². The lowest BCUT2D eigenvalue weighted by Gasteiger charge is -2.09. The number of benzene rings is 3. The number of halogens is 1. The molecule has 3 aromatic carbocycles. The molecule has 0 saturated heterocycles. The van der Waals surface area contributed by atoms with Gasteiger partial charge in [0, 0.05) is 16.0 Å². The molecule has 0 bridgehead atoms. The minimum Gasteiger partial charge on any atom is -0.260 e. The van der Waals surface area contributed by atoms with E-state index >= 15 is 0 Å². The fourth-order valence-electron chi connectivity index (χ4n) is 2.89. The SMILES string of the molecule is CC(=NNc1nc(-c2ccc(Cl)cc2)nc2ccccc12)c1ccc(C)cc1. The van der Waals surface area contributed by atoms with Crippen molar-refractivity contribution in [2.75, 3.05) is 5.43 Å². The molecule has 1 heterocycles. The highest BCUT2D eigenvalue weighted by atomic mass is 35.5. The Morgan fingerprint density at radius 2 is 1.61 bits per heavy atom. The van der Waals surface area contributed by atoms with Gasteiger partial charge in [0.1, 0.15) is 0 Å². The molecule has 0 aliphatic heterocycles. The van der Waals surface area contributed by atoms with Crippen LogP contribution in [0.4, 0.5) is 5.82 Å². The number of nitrogens with zero attached hydrogens (tertiary/aromatic N) is 3. The van der Waals surface area contributed by atoms with Gasteiger partial charge < -0.3 is 0 Å². The summed E-state index contributed by atoms with van der Waals surface area (Å²) in [5, 5.41) is 6.15. The van der Waals surface area contributed by atoms with Crippen LogP contribution in [0.25, 0.3) is 22.3 Å². The largest absolute Gasteiger partial charge is 0.260 e. The Labute approximate surface area is 168 Å². The zero-order valence-electron chi connectivity index (χ0n) is 15.6. The first-order valence-electron chi connectivity index (χ1n) is 9.00. The number of anilines is 1. The average Bonchev–Trinajstić information content (AvgIpc) is 2.72. The van der Waals surface area contributed by atoms with Gasteiger partial charge in [-0.05, 0) is 55.8 Å². The summed E-state index contributed by atoms with van der Waals surface area (Å²) in [5.41, 5.74) is 8.06. The number of aryl methyl sites for hydroxylation is 1. The van der Waals surface area contributed by atoms with Crippen molar-refractivity contribution in [3.8, 4) is 11.4 Å². The Morgan fingerprint density at radius 1 is 0.893 bits per heavy atom. The molecule has 0 unspecified atom stereocenters. The van der Waals surface area contributed by atoms with Gasteiger partial charge >= 0.3 is 0 Å². The highest BCUT2D eigenvalue weighted by molar-refractivity contribution is 6.30. The number of rotatable bonds is 4. The van der Waals surface area contributed by atoms with E-state index in [0.29, 0.717) is 16.7 Å². The summed E-state index contributed by atoms with van der Waals surface area (Å²) in [6, 6.07) is 23.7. The standard InChI is InChI=1S/C23H19ClN4/c1-15-7-9-17(10-8-15)16(2)27-28-23-20-5-3-4-6-21(20)25-22(26-23)18-11-13-19(24)14-12-18/h3-14H,1-2H3,(H,25,26,28). The Hall–Kier alpha value is -3.24. The molecule has 0 aliphatic rings. The lowest BCUT2D eigenvalue weighted by atomic mass is 10.1. The average molecular weight is 387 g/mol. The van der Waals surface area contributed by atoms with Crippen molar-refractivity contribution in [3.05, 3.63) is 88.9 Å². The van der Waals surface area contributed by atoms with E-state index in [-0.39, 0.29) is 0 Å². The molecule has 4 rings (SSSR count). The van der Waals surface area contributed by atoms with Crippen LogP contribution in [0.3, 0.4) is 0 Å². The van der Waals surface area contributed by atoms with E-state index in [4.69, 9.17) is 16.6 Å². The Bertz CT molecular complexity index is 1150. The summed E-state index contributed by atoms with van der Waals surface area (Å²) in [5.74, 6) is 1.29. The molecule has 0 spiro atoms. The summed E-state index contributed by atoms with van der Waals surface area (Å²) in [6.45, 7) is 4.04. The molecule has 0 aliphatic carbocycles. The normalized spacial score (nSPS) is 11.6. The van der Waals surface area contributed by atoms with Crippen LogP contribution in [0.1, 0.15) is 18.1 Å². The van der Waals surface area contributed by atoms with Gasteiger partial charge in [-0.3, -0.25) is 5.43 Å². The zero-order chi connectivity index (χ0) is 19.5. The molecule has 1 aromatic heterocycles. The van der Waals surface area contributed by atoms with Gasteiger partial charge in [0.2, 0.25) is 0 Å². The van der Waals surface area contributed by atoms with Gasteiger partial charge in [0.05, 0.1) is 11.2 Å². The quantitative estimate of drug-likeness (QED) is 0.341. The maximum atomic E-state index is 6.01. The van der Waals surface area contributed by atoms with Crippen LogP contribution in [0.5, 0.6) is 0 Å². The molecule has 0 amide bonds. The molecular weight excluding hydrogens is 368 g/mol. The third-order valence-corrected chi connectivity index (χ3v) is 4.76. The molecular formula is C23H19ClN4. The number of para-hydroxylation sites is 1. The number of fused-ring (bicyclic) bond motifs is 1. The summed E-state index contributed by atoms with van der Waals surface area (Å²) >= 11 is 6.01. The van der Waals surface area contributed by atoms with E-state index in [0.717, 1.165) is 27.7 Å². The van der Waals surface area contributed by atoms with Gasteiger partial charge in [-0.1, -0.05) is 53.6 Å². The van der Waals surface area contributed by atoms with E-state index in [1.54, 1.807) is 0 Å². The fourth-order valence-corrected chi connectivity index (χ4v) is 3.01. The summed E-state index contributed by atoms with van der Waals surface area (Å²) in [4.78, 5) is 9.40. The smallest absolute Gasteiger partial charge is 0.162 e. The number of hydrogen-bond acceptors (Lipinski definition) is 4. The predicted molar refractivity (Wildman–Crippen MR) is 117 cm³/mol. The zero-order valence-corrected chi connectivity index (χ0v) is 16.4. The van der Waals surface area contributed by atoms with E-state index in [1.165, 1.54) is 5.56 Å². The third kappa shape index (κ3) is 3.87. The second-order valence-corrected chi connectivity index (χ2v) is 7.03. The highest BCUT2D eigenvalue weighted by Crippen LogP contribution is 2.25. The van der Waals surface area contributed by atoms with Crippen molar-refractivity contribution in [2.24, 2.45) is 5.10 Å². The Balaban J connectivity index is 1.73. The first kappa shape index (κ1) is 18.1. The maximum Gasteiger partial charge on any atom is 0.162 e. The molecule has 28 heavy (non-hydrogen) atoms. The van der Waals surface area contributed by atoms with Crippen molar-refractivity contribution in [1.29, 1.82) is 0 Å². The maximum absolute atomic E-state index is 6.01. The predicted octanol–water partition coefficient (Wildman–Crippen LogP) is 6.09. The van der Waals surface area contributed by atoms with Gasteiger partial charge in [0.15, 0.2) is 11.6 Å². The second-order valence-electron chi connectivity index (χ2n) is 6.59.